The molecule has 7 heteroatoms. The Hall–Kier alpha value is -3.09. The molecule has 1 heterocycles. The number of ether oxygens (including phenoxy) is 2. The molecule has 2 rings (SSSR count). The quantitative estimate of drug-likeness (QED) is 0.588. The number of aryl methyl sites for hydroxylation is 1. The van der Waals surface area contributed by atoms with Crippen LogP contribution < -0.4 is 5.32 Å². The van der Waals surface area contributed by atoms with E-state index in [4.69, 9.17) is 9.47 Å². The lowest BCUT2D eigenvalue weighted by Gasteiger charge is -2.15. The van der Waals surface area contributed by atoms with Gasteiger partial charge in [-0.15, -0.1) is 0 Å². The number of benzene rings is 1. The molecule has 0 aliphatic carbocycles. The summed E-state index contributed by atoms with van der Waals surface area (Å²) in [5.74, 6) is -1.02. The molecule has 0 radical (unpaired) electrons. The Bertz CT molecular complexity index is 928. The number of esters is 2. The Morgan fingerprint density at radius 3 is 2.23 bits per heavy atom. The van der Waals surface area contributed by atoms with Crippen molar-refractivity contribution in [2.75, 3.05) is 13.2 Å². The van der Waals surface area contributed by atoms with Gasteiger partial charge in [0.15, 0.2) is 6.61 Å². The van der Waals surface area contributed by atoms with Crippen LogP contribution in [0.5, 0.6) is 0 Å². The van der Waals surface area contributed by atoms with Crippen molar-refractivity contribution in [1.29, 1.82) is 0 Å². The van der Waals surface area contributed by atoms with Gasteiger partial charge < -0.3 is 19.8 Å². The van der Waals surface area contributed by atoms with Gasteiger partial charge in [0, 0.05) is 5.69 Å². The largest absolute Gasteiger partial charge is 0.462 e. The maximum Gasteiger partial charge on any atom is 0.355 e. The van der Waals surface area contributed by atoms with Gasteiger partial charge in [0.1, 0.15) is 5.69 Å². The number of carbonyl (C=O) groups excluding carboxylic acids is 3. The van der Waals surface area contributed by atoms with Crippen LogP contribution in [-0.2, 0) is 20.7 Å². The fourth-order valence-corrected chi connectivity index (χ4v) is 3.45. The number of carbonyl (C=O) groups is 3. The molecule has 168 valence electrons. The van der Waals surface area contributed by atoms with E-state index in [0.29, 0.717) is 22.7 Å². The van der Waals surface area contributed by atoms with Crippen LogP contribution in [0.4, 0.5) is 0 Å². The number of H-pyrrole nitrogens is 1. The van der Waals surface area contributed by atoms with Crippen LogP contribution in [0.1, 0.15) is 77.0 Å². The third-order valence-corrected chi connectivity index (χ3v) is 4.96. The van der Waals surface area contributed by atoms with Crippen LogP contribution in [0.15, 0.2) is 24.3 Å². The lowest BCUT2D eigenvalue weighted by atomic mass is 10.00. The fraction of sp³-hybridized carbons (Fsp3) is 0.458. The van der Waals surface area contributed by atoms with Crippen LogP contribution in [0.3, 0.4) is 0 Å². The molecule has 0 fully saturated rings. The first kappa shape index (κ1) is 24.2. The Morgan fingerprint density at radius 2 is 1.65 bits per heavy atom. The molecular formula is C24H32N2O5. The first-order valence-electron chi connectivity index (χ1n) is 10.6. The summed E-state index contributed by atoms with van der Waals surface area (Å²) in [6.45, 7) is 11.1. The van der Waals surface area contributed by atoms with E-state index in [1.165, 1.54) is 5.56 Å². The predicted octanol–water partition coefficient (Wildman–Crippen LogP) is 4.04. The smallest absolute Gasteiger partial charge is 0.355 e. The Morgan fingerprint density at radius 1 is 1.00 bits per heavy atom. The standard InChI is InChI=1S/C24H32N2O5/c1-7-30-23(28)21-15(4)22(26-17(21)6)24(29)31-13-20(27)25-16(5)19-10-8-18(9-11-19)12-14(2)3/h8-11,14,16,26H,7,12-13H2,1-6H3,(H,25,27)/t16-/m0/s1. The summed E-state index contributed by atoms with van der Waals surface area (Å²) in [6.07, 6.45) is 1.01. The van der Waals surface area contributed by atoms with E-state index in [-0.39, 0.29) is 18.3 Å². The number of rotatable bonds is 9. The number of aromatic amines is 1. The van der Waals surface area contributed by atoms with Crippen LogP contribution in [0.25, 0.3) is 0 Å². The second-order valence-corrected chi connectivity index (χ2v) is 8.05. The highest BCUT2D eigenvalue weighted by atomic mass is 16.5. The summed E-state index contributed by atoms with van der Waals surface area (Å²) >= 11 is 0. The summed E-state index contributed by atoms with van der Waals surface area (Å²) in [6, 6.07) is 7.90. The normalized spacial score (nSPS) is 11.8. The third-order valence-electron chi connectivity index (χ3n) is 4.96. The third kappa shape index (κ3) is 6.44. The molecule has 0 bridgehead atoms. The van der Waals surface area contributed by atoms with Gasteiger partial charge in [-0.2, -0.15) is 0 Å². The van der Waals surface area contributed by atoms with E-state index in [1.54, 1.807) is 20.8 Å². The van der Waals surface area contributed by atoms with E-state index >= 15 is 0 Å². The molecule has 0 saturated carbocycles. The van der Waals surface area contributed by atoms with E-state index in [0.717, 1.165) is 12.0 Å². The zero-order chi connectivity index (χ0) is 23.1. The van der Waals surface area contributed by atoms with Crippen molar-refractivity contribution in [3.63, 3.8) is 0 Å². The maximum absolute atomic E-state index is 12.4. The monoisotopic (exact) mass is 428 g/mol. The number of nitrogens with one attached hydrogen (secondary N) is 2. The second-order valence-electron chi connectivity index (χ2n) is 8.05. The van der Waals surface area contributed by atoms with Crippen LogP contribution in [0, 0.1) is 19.8 Å². The molecular weight excluding hydrogens is 396 g/mol. The number of amides is 1. The maximum atomic E-state index is 12.4. The van der Waals surface area contributed by atoms with Crippen molar-refractivity contribution >= 4 is 17.8 Å². The van der Waals surface area contributed by atoms with Crippen LogP contribution in [0.2, 0.25) is 0 Å². The van der Waals surface area contributed by atoms with E-state index < -0.39 is 24.5 Å². The topological polar surface area (TPSA) is 97.5 Å². The minimum Gasteiger partial charge on any atom is -0.462 e. The second kappa shape index (κ2) is 10.8. The van der Waals surface area contributed by atoms with Gasteiger partial charge >= 0.3 is 11.9 Å². The molecule has 2 aromatic rings. The highest BCUT2D eigenvalue weighted by Crippen LogP contribution is 2.20. The Labute approximate surface area is 183 Å². The minimum absolute atomic E-state index is 0.141. The zero-order valence-corrected chi connectivity index (χ0v) is 19.1. The van der Waals surface area contributed by atoms with Crippen molar-refractivity contribution in [2.45, 2.75) is 54.0 Å². The first-order chi connectivity index (χ1) is 14.6. The minimum atomic E-state index is -0.697. The molecule has 1 atom stereocenters. The Kier molecular flexibility index (Phi) is 8.42. The zero-order valence-electron chi connectivity index (χ0n) is 19.1. The summed E-state index contributed by atoms with van der Waals surface area (Å²) in [5.41, 5.74) is 3.64. The van der Waals surface area contributed by atoms with E-state index in [2.05, 4.69) is 36.3 Å². The van der Waals surface area contributed by atoms with Gasteiger partial charge in [-0.3, -0.25) is 4.79 Å². The van der Waals surface area contributed by atoms with Gasteiger partial charge in [-0.25, -0.2) is 9.59 Å². The SMILES string of the molecule is CCOC(=O)c1c(C)[nH]c(C(=O)OCC(=O)N[C@@H](C)c2ccc(CC(C)C)cc2)c1C. The molecule has 1 amide bonds. The lowest BCUT2D eigenvalue weighted by molar-refractivity contribution is -0.124. The Balaban J connectivity index is 1.93. The van der Waals surface area contributed by atoms with Crippen molar-refractivity contribution in [3.8, 4) is 0 Å². The first-order valence-corrected chi connectivity index (χ1v) is 10.6. The molecule has 1 aromatic heterocycles. The van der Waals surface area contributed by atoms with Crippen molar-refractivity contribution in [2.24, 2.45) is 5.92 Å². The molecule has 31 heavy (non-hydrogen) atoms. The average molecular weight is 429 g/mol. The van der Waals surface area contributed by atoms with E-state index in [1.807, 2.05) is 19.1 Å². The lowest BCUT2D eigenvalue weighted by Crippen LogP contribution is -2.31. The number of hydrogen-bond acceptors (Lipinski definition) is 5. The molecule has 2 N–H and O–H groups in total. The highest BCUT2D eigenvalue weighted by Gasteiger charge is 2.24. The molecule has 0 saturated heterocycles. The summed E-state index contributed by atoms with van der Waals surface area (Å²) < 4.78 is 10.2. The summed E-state index contributed by atoms with van der Waals surface area (Å²) in [5, 5.41) is 2.83. The van der Waals surface area contributed by atoms with Gasteiger partial charge in [0.05, 0.1) is 18.2 Å². The number of hydrogen-bond donors (Lipinski definition) is 2. The number of aromatic nitrogens is 1. The molecule has 0 aliphatic rings. The van der Waals surface area contributed by atoms with Crippen LogP contribution >= 0.6 is 0 Å². The summed E-state index contributed by atoms with van der Waals surface area (Å²) in [7, 11) is 0. The fourth-order valence-electron chi connectivity index (χ4n) is 3.45. The predicted molar refractivity (Wildman–Crippen MR) is 118 cm³/mol. The van der Waals surface area contributed by atoms with Crippen molar-refractivity contribution in [1.82, 2.24) is 10.3 Å². The average Bonchev–Trinajstić information content (AvgIpc) is 3.00. The van der Waals surface area contributed by atoms with Gasteiger partial charge in [-0.05, 0) is 56.7 Å². The molecule has 0 spiro atoms. The molecule has 0 unspecified atom stereocenters. The molecule has 0 aliphatic heterocycles. The summed E-state index contributed by atoms with van der Waals surface area (Å²) in [4.78, 5) is 39.6. The van der Waals surface area contributed by atoms with Crippen LogP contribution in [-0.4, -0.2) is 36.0 Å². The van der Waals surface area contributed by atoms with E-state index in [9.17, 15) is 14.4 Å². The van der Waals surface area contributed by atoms with Gasteiger partial charge in [0.2, 0.25) is 0 Å². The highest BCUT2D eigenvalue weighted by molar-refractivity contribution is 5.99. The van der Waals surface area contributed by atoms with Crippen molar-refractivity contribution < 1.29 is 23.9 Å². The van der Waals surface area contributed by atoms with Crippen molar-refractivity contribution in [3.05, 3.63) is 57.9 Å². The molecule has 1 aromatic carbocycles. The van der Waals surface area contributed by atoms with Gasteiger partial charge in [-0.1, -0.05) is 38.1 Å². The molecule has 7 nitrogen and oxygen atoms in total. The van der Waals surface area contributed by atoms with Gasteiger partial charge in [0.25, 0.3) is 5.91 Å².